The van der Waals surface area contributed by atoms with Crippen LogP contribution in [-0.2, 0) is 4.79 Å². The second kappa shape index (κ2) is 7.63. The third-order valence-corrected chi connectivity index (χ3v) is 3.81. The molecule has 0 saturated heterocycles. The summed E-state index contributed by atoms with van der Waals surface area (Å²) in [5, 5.41) is 28.4. The minimum atomic E-state index is -1.32. The number of nitro benzene ring substituents is 1. The first-order chi connectivity index (χ1) is 10.9. The van der Waals surface area contributed by atoms with E-state index in [9.17, 15) is 14.9 Å². The van der Waals surface area contributed by atoms with Crippen LogP contribution in [0.2, 0.25) is 11.3 Å². The van der Waals surface area contributed by atoms with Crippen LogP contribution in [0.5, 0.6) is 5.75 Å². The van der Waals surface area contributed by atoms with Crippen molar-refractivity contribution in [2.24, 2.45) is 0 Å². The molecule has 2 N–H and O–H groups in total. The molecule has 0 aliphatic carbocycles. The van der Waals surface area contributed by atoms with Gasteiger partial charge in [0.05, 0.1) is 16.7 Å². The number of benzene rings is 1. The number of rotatable bonds is 7. The molecule has 1 heterocycles. The molecule has 0 atom stereocenters. The summed E-state index contributed by atoms with van der Waals surface area (Å²) in [6, 6.07) is 2.59. The Balaban J connectivity index is 2.08. The maximum absolute atomic E-state index is 12.0. The summed E-state index contributed by atoms with van der Waals surface area (Å²) < 4.78 is 5.25. The molecule has 0 unspecified atom stereocenters. The van der Waals surface area contributed by atoms with Gasteiger partial charge >= 0.3 is 7.12 Å². The third kappa shape index (κ3) is 4.34. The number of amides is 1. The van der Waals surface area contributed by atoms with Crippen LogP contribution >= 0.6 is 11.6 Å². The first-order valence-corrected chi connectivity index (χ1v) is 7.55. The average molecular weight is 343 g/mol. The van der Waals surface area contributed by atoms with E-state index in [1.165, 1.54) is 17.0 Å². The summed E-state index contributed by atoms with van der Waals surface area (Å²) >= 11 is 5.90. The van der Waals surface area contributed by atoms with Crippen LogP contribution in [0, 0.1) is 10.1 Å². The predicted molar refractivity (Wildman–Crippen MR) is 84.8 cm³/mol. The lowest BCUT2D eigenvalue weighted by Gasteiger charge is -2.29. The van der Waals surface area contributed by atoms with E-state index in [1.807, 2.05) is 0 Å². The van der Waals surface area contributed by atoms with Crippen molar-refractivity contribution in [1.29, 1.82) is 0 Å². The molecule has 124 valence electrons. The van der Waals surface area contributed by atoms with Gasteiger partial charge in [-0.2, -0.15) is 0 Å². The Labute approximate surface area is 137 Å². The number of hydrogen-bond donors (Lipinski definition) is 2. The zero-order chi connectivity index (χ0) is 17.0. The fourth-order valence-corrected chi connectivity index (χ4v) is 2.60. The maximum Gasteiger partial charge on any atom is 0.451 e. The van der Waals surface area contributed by atoms with Crippen LogP contribution < -0.4 is 9.64 Å². The largest absolute Gasteiger partial charge is 0.481 e. The van der Waals surface area contributed by atoms with Crippen LogP contribution in [-0.4, -0.2) is 41.1 Å². The number of nitro groups is 1. The van der Waals surface area contributed by atoms with E-state index in [0.29, 0.717) is 25.1 Å². The quantitative estimate of drug-likeness (QED) is 0.337. The summed E-state index contributed by atoms with van der Waals surface area (Å²) in [6.07, 6.45) is 2.29. The van der Waals surface area contributed by atoms with E-state index in [2.05, 4.69) is 0 Å². The van der Waals surface area contributed by atoms with E-state index in [4.69, 9.17) is 26.4 Å². The molecular weight excluding hydrogens is 326 g/mol. The lowest BCUT2D eigenvalue weighted by atomic mass is 9.83. The Morgan fingerprint density at radius 2 is 2.09 bits per heavy atom. The maximum atomic E-state index is 12.0. The first kappa shape index (κ1) is 17.5. The monoisotopic (exact) mass is 342 g/mol. The molecule has 23 heavy (non-hydrogen) atoms. The Morgan fingerprint density at radius 1 is 1.35 bits per heavy atom. The predicted octanol–water partition coefficient (Wildman–Crippen LogP) is 1.62. The zero-order valence-corrected chi connectivity index (χ0v) is 13.0. The molecule has 0 saturated carbocycles. The van der Waals surface area contributed by atoms with Gasteiger partial charge < -0.3 is 19.7 Å². The highest BCUT2D eigenvalue weighted by atomic mass is 35.5. The minimum absolute atomic E-state index is 0.0551. The number of carbonyl (C=O) groups excluding carboxylic acids is 1. The van der Waals surface area contributed by atoms with Crippen molar-refractivity contribution in [3.63, 3.8) is 0 Å². The van der Waals surface area contributed by atoms with E-state index in [1.54, 1.807) is 0 Å². The molecule has 1 aromatic carbocycles. The van der Waals surface area contributed by atoms with Gasteiger partial charge in [-0.15, -0.1) is 0 Å². The second-order valence-electron chi connectivity index (χ2n) is 5.19. The van der Waals surface area contributed by atoms with Crippen molar-refractivity contribution in [1.82, 2.24) is 0 Å². The van der Waals surface area contributed by atoms with Gasteiger partial charge in [-0.1, -0.05) is 24.4 Å². The smallest absolute Gasteiger partial charge is 0.451 e. The van der Waals surface area contributed by atoms with Gasteiger partial charge in [0.2, 0.25) is 0 Å². The van der Waals surface area contributed by atoms with E-state index >= 15 is 0 Å². The van der Waals surface area contributed by atoms with Gasteiger partial charge in [0.15, 0.2) is 12.4 Å². The lowest BCUT2D eigenvalue weighted by molar-refractivity contribution is -0.384. The topological polar surface area (TPSA) is 113 Å². The van der Waals surface area contributed by atoms with E-state index in [-0.39, 0.29) is 35.3 Å². The van der Waals surface area contributed by atoms with Crippen molar-refractivity contribution in [2.75, 3.05) is 18.1 Å². The zero-order valence-electron chi connectivity index (χ0n) is 12.3. The van der Waals surface area contributed by atoms with E-state index < -0.39 is 12.0 Å². The molecule has 8 nitrogen and oxygen atoms in total. The van der Waals surface area contributed by atoms with Crippen molar-refractivity contribution < 1.29 is 24.5 Å². The molecule has 1 amide bonds. The molecule has 0 aromatic heterocycles. The summed E-state index contributed by atoms with van der Waals surface area (Å²) in [6.45, 7) is 0.228. The lowest BCUT2D eigenvalue weighted by Crippen LogP contribution is -2.39. The molecule has 10 heteroatoms. The molecular formula is C13H16BClN2O6. The van der Waals surface area contributed by atoms with Crippen LogP contribution in [0.3, 0.4) is 0 Å². The molecule has 0 fully saturated rings. The Hall–Kier alpha value is -1.84. The van der Waals surface area contributed by atoms with Gasteiger partial charge in [-0.05, 0) is 18.8 Å². The van der Waals surface area contributed by atoms with Gasteiger partial charge in [-0.25, -0.2) is 0 Å². The fourth-order valence-electron chi connectivity index (χ4n) is 2.37. The Morgan fingerprint density at radius 3 is 2.74 bits per heavy atom. The van der Waals surface area contributed by atoms with Gasteiger partial charge in [0, 0.05) is 6.54 Å². The number of nitrogens with zero attached hydrogens (tertiary/aromatic N) is 2. The highest BCUT2D eigenvalue weighted by Gasteiger charge is 2.29. The van der Waals surface area contributed by atoms with Gasteiger partial charge in [-0.3, -0.25) is 14.9 Å². The van der Waals surface area contributed by atoms with Crippen LogP contribution in [0.25, 0.3) is 0 Å². The molecule has 2 rings (SSSR count). The van der Waals surface area contributed by atoms with Crippen molar-refractivity contribution in [2.45, 2.75) is 25.6 Å². The second-order valence-corrected chi connectivity index (χ2v) is 5.60. The molecule has 0 spiro atoms. The van der Waals surface area contributed by atoms with Crippen LogP contribution in [0.15, 0.2) is 12.1 Å². The first-order valence-electron chi connectivity index (χ1n) is 7.17. The fraction of sp³-hybridized carbons (Fsp3) is 0.462. The number of fused-ring (bicyclic) bond motifs is 1. The van der Waals surface area contributed by atoms with E-state index in [0.717, 1.165) is 6.42 Å². The number of halogens is 1. The normalized spacial score (nSPS) is 13.5. The van der Waals surface area contributed by atoms with Gasteiger partial charge in [0.1, 0.15) is 5.02 Å². The number of unbranched alkanes of at least 4 members (excludes halogenated alkanes) is 2. The van der Waals surface area contributed by atoms with Crippen LogP contribution in [0.4, 0.5) is 11.4 Å². The number of anilines is 1. The summed E-state index contributed by atoms with van der Waals surface area (Å²) in [5.41, 5.74) is 0.149. The van der Waals surface area contributed by atoms with Gasteiger partial charge in [0.25, 0.3) is 11.6 Å². The standard InChI is InChI=1S/C13H16BClN2O6/c15-9-6-11-12(7-10(9)17(21)22)23-8-13(18)16(11)5-3-1-2-4-14(19)20/h6-7,19-20H,1-5,8H2. The average Bonchev–Trinajstić information content (AvgIpc) is 2.48. The highest BCUT2D eigenvalue weighted by Crippen LogP contribution is 2.40. The number of carbonyl (C=O) groups is 1. The van der Waals surface area contributed by atoms with Crippen molar-refractivity contribution in [3.8, 4) is 5.75 Å². The SMILES string of the molecule is O=C1COc2cc([N+](=O)[O-])c(Cl)cc2N1CCCCCB(O)O. The van der Waals surface area contributed by atoms with Crippen molar-refractivity contribution >= 4 is 36.0 Å². The molecule has 1 aliphatic rings. The molecule has 0 radical (unpaired) electrons. The van der Waals surface area contributed by atoms with Crippen LogP contribution in [0.1, 0.15) is 19.3 Å². The Kier molecular flexibility index (Phi) is 5.81. The minimum Gasteiger partial charge on any atom is -0.481 e. The third-order valence-electron chi connectivity index (χ3n) is 3.51. The summed E-state index contributed by atoms with van der Waals surface area (Å²) in [4.78, 5) is 23.8. The van der Waals surface area contributed by atoms with Crippen molar-refractivity contribution in [3.05, 3.63) is 27.3 Å². The molecule has 1 aromatic rings. The molecule has 0 bridgehead atoms. The Bertz CT molecular complexity index is 612. The number of hydrogen-bond acceptors (Lipinski definition) is 6. The summed E-state index contributed by atoms with van der Waals surface area (Å²) in [7, 11) is -1.32. The molecule has 1 aliphatic heterocycles. The summed E-state index contributed by atoms with van der Waals surface area (Å²) in [5.74, 6) is 0.0103. The highest BCUT2D eigenvalue weighted by molar-refractivity contribution is 6.40. The number of ether oxygens (including phenoxy) is 1.